The zero-order valence-corrected chi connectivity index (χ0v) is 18.4. The average Bonchev–Trinajstić information content (AvgIpc) is 3.22. The van der Waals surface area contributed by atoms with Gasteiger partial charge in [0, 0.05) is 35.3 Å². The van der Waals surface area contributed by atoms with Gasteiger partial charge in [-0.2, -0.15) is 0 Å². The fraction of sp³-hybridized carbons (Fsp3) is 0.259. The molecule has 1 aliphatic heterocycles. The molecule has 2 aliphatic rings. The van der Waals surface area contributed by atoms with Crippen LogP contribution in [0.1, 0.15) is 28.8 Å². The van der Waals surface area contributed by atoms with Crippen molar-refractivity contribution >= 4 is 23.2 Å². The summed E-state index contributed by atoms with van der Waals surface area (Å²) in [5.41, 5.74) is 4.63. The first kappa shape index (κ1) is 22.3. The van der Waals surface area contributed by atoms with Crippen LogP contribution in [0.5, 0.6) is 0 Å². The molecular weight excluding hydrogens is 435 g/mol. The van der Waals surface area contributed by atoms with Gasteiger partial charge >= 0.3 is 6.03 Å². The van der Waals surface area contributed by atoms with Crippen LogP contribution in [-0.2, 0) is 6.42 Å². The molecule has 2 unspecified atom stereocenters. The normalized spacial score (nSPS) is 19.0. The Balaban J connectivity index is 1.23. The molecule has 34 heavy (non-hydrogen) atoms. The number of benzene rings is 3. The van der Waals surface area contributed by atoms with Gasteiger partial charge in [-0.05, 0) is 66.3 Å². The van der Waals surface area contributed by atoms with Gasteiger partial charge in [-0.3, -0.25) is 9.69 Å². The smallest absolute Gasteiger partial charge is 0.326 e. The molecule has 2 atom stereocenters. The van der Waals surface area contributed by atoms with Crippen molar-refractivity contribution in [1.29, 1.82) is 0 Å². The molecule has 2 amide bonds. The van der Waals surface area contributed by atoms with E-state index in [1.807, 2.05) is 36.4 Å². The molecule has 0 saturated heterocycles. The monoisotopic (exact) mass is 460 g/mol. The Morgan fingerprint density at radius 2 is 1.62 bits per heavy atom. The SMILES string of the molecule is O=C(c1ccc(-c2ccc(NC(=O)N3CCc4cc(F)ccc43)cc2)cc1)C1CCC1C(O)O. The molecule has 174 valence electrons. The third-order valence-corrected chi connectivity index (χ3v) is 6.87. The van der Waals surface area contributed by atoms with Gasteiger partial charge in [0.2, 0.25) is 0 Å². The Labute approximate surface area is 196 Å². The summed E-state index contributed by atoms with van der Waals surface area (Å²) in [6.07, 6.45) is 0.498. The van der Waals surface area contributed by atoms with E-state index in [4.69, 9.17) is 0 Å². The zero-order chi connectivity index (χ0) is 23.8. The number of halogens is 1. The van der Waals surface area contributed by atoms with Gasteiger partial charge in [0.15, 0.2) is 12.1 Å². The lowest BCUT2D eigenvalue weighted by Gasteiger charge is -2.36. The topological polar surface area (TPSA) is 89.9 Å². The third kappa shape index (κ3) is 4.20. The first-order valence-electron chi connectivity index (χ1n) is 11.4. The quantitative estimate of drug-likeness (QED) is 0.383. The van der Waals surface area contributed by atoms with Crippen LogP contribution in [-0.4, -0.2) is 34.9 Å². The van der Waals surface area contributed by atoms with Crippen molar-refractivity contribution in [2.45, 2.75) is 25.6 Å². The summed E-state index contributed by atoms with van der Waals surface area (Å²) >= 11 is 0. The molecule has 3 aromatic carbocycles. The number of nitrogens with zero attached hydrogens (tertiary/aromatic N) is 1. The highest BCUT2D eigenvalue weighted by molar-refractivity contribution is 6.03. The Morgan fingerprint density at radius 1 is 0.941 bits per heavy atom. The molecule has 0 spiro atoms. The molecule has 7 heteroatoms. The van der Waals surface area contributed by atoms with E-state index in [0.29, 0.717) is 37.1 Å². The third-order valence-electron chi connectivity index (χ3n) is 6.87. The van der Waals surface area contributed by atoms with Crippen LogP contribution >= 0.6 is 0 Å². The van der Waals surface area contributed by atoms with Crippen LogP contribution in [0.4, 0.5) is 20.6 Å². The summed E-state index contributed by atoms with van der Waals surface area (Å²) in [7, 11) is 0. The number of carbonyl (C=O) groups is 2. The first-order valence-corrected chi connectivity index (χ1v) is 11.4. The van der Waals surface area contributed by atoms with Crippen LogP contribution in [0, 0.1) is 17.7 Å². The number of nitrogens with one attached hydrogen (secondary N) is 1. The van der Waals surface area contributed by atoms with Gasteiger partial charge in [0.1, 0.15) is 5.82 Å². The number of aliphatic hydroxyl groups is 2. The summed E-state index contributed by atoms with van der Waals surface area (Å²) in [5, 5.41) is 21.7. The van der Waals surface area contributed by atoms with E-state index in [0.717, 1.165) is 22.4 Å². The first-order chi connectivity index (χ1) is 16.4. The highest BCUT2D eigenvalue weighted by Crippen LogP contribution is 2.38. The summed E-state index contributed by atoms with van der Waals surface area (Å²) in [6, 6.07) is 18.9. The lowest BCUT2D eigenvalue weighted by molar-refractivity contribution is -0.121. The molecular formula is C27H25FN2O4. The molecule has 3 N–H and O–H groups in total. The number of aliphatic hydroxyl groups excluding tert-OH is 1. The van der Waals surface area contributed by atoms with Crippen molar-refractivity contribution in [1.82, 2.24) is 0 Å². The summed E-state index contributed by atoms with van der Waals surface area (Å²) < 4.78 is 13.4. The molecule has 5 rings (SSSR count). The molecule has 6 nitrogen and oxygen atoms in total. The van der Waals surface area contributed by atoms with Crippen molar-refractivity contribution in [2.24, 2.45) is 11.8 Å². The summed E-state index contributed by atoms with van der Waals surface area (Å²) in [4.78, 5) is 27.0. The number of amides is 2. The number of hydrogen-bond donors (Lipinski definition) is 3. The predicted molar refractivity (Wildman–Crippen MR) is 127 cm³/mol. The van der Waals surface area contributed by atoms with E-state index >= 15 is 0 Å². The Morgan fingerprint density at radius 3 is 2.24 bits per heavy atom. The zero-order valence-electron chi connectivity index (χ0n) is 18.4. The minimum absolute atomic E-state index is 0.0554. The molecule has 0 radical (unpaired) electrons. The van der Waals surface area contributed by atoms with E-state index < -0.39 is 6.29 Å². The van der Waals surface area contributed by atoms with Crippen LogP contribution < -0.4 is 10.2 Å². The van der Waals surface area contributed by atoms with E-state index in [1.54, 1.807) is 23.1 Å². The summed E-state index contributed by atoms with van der Waals surface area (Å²) in [6.45, 7) is 0.507. The second kappa shape index (κ2) is 9.00. The Kier molecular flexibility index (Phi) is 5.89. The summed E-state index contributed by atoms with van der Waals surface area (Å²) in [5.74, 6) is -1.08. The lowest BCUT2D eigenvalue weighted by Crippen LogP contribution is -2.40. The molecule has 3 aromatic rings. The van der Waals surface area contributed by atoms with Gasteiger partial charge in [0.05, 0.1) is 0 Å². The predicted octanol–water partition coefficient (Wildman–Crippen LogP) is 4.61. The number of carbonyl (C=O) groups excluding carboxylic acids is 2. The standard InChI is InChI=1S/C27H25FN2O4/c28-20-7-12-24-19(15-20)13-14-30(24)27(34)29-21-8-5-17(6-9-21)16-1-3-18(4-2-16)25(31)22-10-11-23(22)26(32)33/h1-9,12,15,22-23,26,32-33H,10-11,13-14H2,(H,29,34). The fourth-order valence-electron chi connectivity index (χ4n) is 4.77. The van der Waals surface area contributed by atoms with Gasteiger partial charge in [-0.15, -0.1) is 0 Å². The minimum atomic E-state index is -1.45. The number of ketones is 1. The average molecular weight is 461 g/mol. The van der Waals surface area contributed by atoms with Gasteiger partial charge in [0.25, 0.3) is 0 Å². The highest BCUT2D eigenvalue weighted by atomic mass is 19.1. The van der Waals surface area contributed by atoms with Crippen LogP contribution in [0.3, 0.4) is 0 Å². The number of fused-ring (bicyclic) bond motifs is 1. The molecule has 1 saturated carbocycles. The van der Waals surface area contributed by atoms with Crippen molar-refractivity contribution < 1.29 is 24.2 Å². The van der Waals surface area contributed by atoms with E-state index in [2.05, 4.69) is 5.32 Å². The maximum atomic E-state index is 13.4. The molecule has 0 aromatic heterocycles. The van der Waals surface area contributed by atoms with Crippen LogP contribution in [0.25, 0.3) is 11.1 Å². The second-order valence-corrected chi connectivity index (χ2v) is 8.89. The lowest BCUT2D eigenvalue weighted by atomic mass is 9.69. The highest BCUT2D eigenvalue weighted by Gasteiger charge is 2.40. The number of hydrogen-bond acceptors (Lipinski definition) is 4. The number of anilines is 2. The molecule has 0 bridgehead atoms. The van der Waals surface area contributed by atoms with E-state index in [9.17, 15) is 24.2 Å². The van der Waals surface area contributed by atoms with E-state index in [-0.39, 0.29) is 29.5 Å². The van der Waals surface area contributed by atoms with E-state index in [1.165, 1.54) is 12.1 Å². The second-order valence-electron chi connectivity index (χ2n) is 8.89. The van der Waals surface area contributed by atoms with Crippen molar-refractivity contribution in [3.05, 3.63) is 83.7 Å². The fourth-order valence-corrected chi connectivity index (χ4v) is 4.77. The maximum Gasteiger partial charge on any atom is 0.326 e. The minimum Gasteiger partial charge on any atom is -0.368 e. The van der Waals surface area contributed by atoms with Crippen molar-refractivity contribution in [3.8, 4) is 11.1 Å². The van der Waals surface area contributed by atoms with Crippen LogP contribution in [0.2, 0.25) is 0 Å². The van der Waals surface area contributed by atoms with Gasteiger partial charge in [-0.1, -0.05) is 36.4 Å². The Hall–Kier alpha value is -3.55. The van der Waals surface area contributed by atoms with Gasteiger partial charge < -0.3 is 15.5 Å². The molecule has 1 fully saturated rings. The van der Waals surface area contributed by atoms with Crippen molar-refractivity contribution in [3.63, 3.8) is 0 Å². The van der Waals surface area contributed by atoms with Gasteiger partial charge in [-0.25, -0.2) is 9.18 Å². The molecule has 1 aliphatic carbocycles. The number of urea groups is 1. The largest absolute Gasteiger partial charge is 0.368 e. The Bertz CT molecular complexity index is 1220. The maximum absolute atomic E-state index is 13.4. The molecule has 1 heterocycles. The van der Waals surface area contributed by atoms with Crippen LogP contribution in [0.15, 0.2) is 66.7 Å². The number of Topliss-reactive ketones (excluding diaryl/α,β-unsaturated/α-hetero) is 1. The number of rotatable bonds is 5. The van der Waals surface area contributed by atoms with Crippen molar-refractivity contribution in [2.75, 3.05) is 16.8 Å².